The maximum Gasteiger partial charge on any atom is 0.255 e. The summed E-state index contributed by atoms with van der Waals surface area (Å²) in [5.41, 5.74) is 3.77. The largest absolute Gasteiger partial charge is 0.385 e. The van der Waals surface area contributed by atoms with Crippen LogP contribution < -0.4 is 5.32 Å². The predicted molar refractivity (Wildman–Crippen MR) is 105 cm³/mol. The van der Waals surface area contributed by atoms with Crippen LogP contribution >= 0.6 is 0 Å². The number of nitrogens with zero attached hydrogens (tertiary/aromatic N) is 1. The van der Waals surface area contributed by atoms with Gasteiger partial charge in [-0.25, -0.2) is 0 Å². The molecular weight excluding hydrogens is 340 g/mol. The molecule has 1 aliphatic heterocycles. The summed E-state index contributed by atoms with van der Waals surface area (Å²) in [6.07, 6.45) is 1.46. The van der Waals surface area contributed by atoms with Gasteiger partial charge in [-0.05, 0) is 37.0 Å². The summed E-state index contributed by atoms with van der Waals surface area (Å²) in [6, 6.07) is 15.1. The van der Waals surface area contributed by atoms with Crippen molar-refractivity contribution in [2.75, 3.05) is 26.8 Å². The molecule has 1 atom stereocenters. The van der Waals surface area contributed by atoms with E-state index < -0.39 is 6.04 Å². The molecular formula is C22H26N2O3. The molecule has 2 aromatic carbocycles. The molecule has 2 amide bonds. The third-order valence-electron chi connectivity index (χ3n) is 4.89. The van der Waals surface area contributed by atoms with Gasteiger partial charge in [-0.3, -0.25) is 9.59 Å². The van der Waals surface area contributed by atoms with Crippen LogP contribution in [0.1, 0.15) is 39.5 Å². The van der Waals surface area contributed by atoms with Gasteiger partial charge in [0.25, 0.3) is 5.91 Å². The first kappa shape index (κ1) is 19.1. The van der Waals surface area contributed by atoms with Crippen molar-refractivity contribution in [3.63, 3.8) is 0 Å². The Kier molecular flexibility index (Phi) is 6.24. The van der Waals surface area contributed by atoms with E-state index in [0.29, 0.717) is 31.7 Å². The minimum absolute atomic E-state index is 0.0743. The molecule has 5 nitrogen and oxygen atoms in total. The number of ether oxygens (including phenoxy) is 1. The van der Waals surface area contributed by atoms with Crippen molar-refractivity contribution in [2.24, 2.45) is 0 Å². The summed E-state index contributed by atoms with van der Waals surface area (Å²) in [7, 11) is 1.64. The van der Waals surface area contributed by atoms with E-state index in [1.165, 1.54) is 5.56 Å². The van der Waals surface area contributed by atoms with Gasteiger partial charge in [0.05, 0.1) is 0 Å². The fourth-order valence-electron chi connectivity index (χ4n) is 3.41. The number of methoxy groups -OCH3 is 1. The van der Waals surface area contributed by atoms with Crippen molar-refractivity contribution in [3.8, 4) is 0 Å². The SMILES string of the molecule is COCCCNC(=O)C1c2ccccc2C(=O)N1CCc1ccc(C)cc1. The van der Waals surface area contributed by atoms with Crippen LogP contribution in [0.25, 0.3) is 0 Å². The molecule has 3 rings (SSSR count). The zero-order valence-corrected chi connectivity index (χ0v) is 15.9. The van der Waals surface area contributed by atoms with Crippen molar-refractivity contribution in [1.82, 2.24) is 10.2 Å². The van der Waals surface area contributed by atoms with Crippen LogP contribution in [0.3, 0.4) is 0 Å². The normalized spacial score (nSPS) is 15.7. The number of aryl methyl sites for hydroxylation is 1. The zero-order valence-electron chi connectivity index (χ0n) is 15.9. The molecule has 2 aromatic rings. The van der Waals surface area contributed by atoms with Crippen LogP contribution in [0.15, 0.2) is 48.5 Å². The van der Waals surface area contributed by atoms with Gasteiger partial charge in [-0.15, -0.1) is 0 Å². The average molecular weight is 366 g/mol. The molecule has 0 spiro atoms. The molecule has 0 fully saturated rings. The van der Waals surface area contributed by atoms with E-state index in [4.69, 9.17) is 4.74 Å². The number of fused-ring (bicyclic) bond motifs is 1. The third-order valence-corrected chi connectivity index (χ3v) is 4.89. The molecule has 1 heterocycles. The Labute approximate surface area is 160 Å². The first-order valence-electron chi connectivity index (χ1n) is 9.34. The summed E-state index contributed by atoms with van der Waals surface area (Å²) >= 11 is 0. The summed E-state index contributed by atoms with van der Waals surface area (Å²) in [5.74, 6) is -0.205. The second-order valence-electron chi connectivity index (χ2n) is 6.86. The Hall–Kier alpha value is -2.66. The highest BCUT2D eigenvalue weighted by molar-refractivity contribution is 6.04. The first-order chi connectivity index (χ1) is 13.1. The monoisotopic (exact) mass is 366 g/mol. The first-order valence-corrected chi connectivity index (χ1v) is 9.34. The standard InChI is InChI=1S/C22H26N2O3/c1-16-8-10-17(11-9-16)12-14-24-20(21(25)23-13-5-15-27-2)18-6-3-4-7-19(18)22(24)26/h3-4,6-11,20H,5,12-15H2,1-2H3,(H,23,25). The molecule has 142 valence electrons. The number of benzene rings is 2. The van der Waals surface area contributed by atoms with Crippen LogP contribution in [0.4, 0.5) is 0 Å². The van der Waals surface area contributed by atoms with E-state index in [1.54, 1.807) is 18.1 Å². The second-order valence-corrected chi connectivity index (χ2v) is 6.86. The number of nitrogens with one attached hydrogen (secondary N) is 1. The molecule has 0 saturated heterocycles. The van der Waals surface area contributed by atoms with Crippen LogP contribution in [-0.2, 0) is 16.0 Å². The van der Waals surface area contributed by atoms with Crippen molar-refractivity contribution < 1.29 is 14.3 Å². The van der Waals surface area contributed by atoms with E-state index in [1.807, 2.05) is 25.1 Å². The highest BCUT2D eigenvalue weighted by Crippen LogP contribution is 2.33. The highest BCUT2D eigenvalue weighted by atomic mass is 16.5. The Morgan fingerprint density at radius 2 is 1.89 bits per heavy atom. The lowest BCUT2D eigenvalue weighted by atomic mass is 10.0. The predicted octanol–water partition coefficient (Wildman–Crippen LogP) is 2.89. The van der Waals surface area contributed by atoms with Gasteiger partial charge >= 0.3 is 0 Å². The molecule has 0 aromatic heterocycles. The number of carbonyl (C=O) groups excluding carboxylic acids is 2. The van der Waals surface area contributed by atoms with Crippen LogP contribution in [0.5, 0.6) is 0 Å². The minimum atomic E-state index is -0.568. The lowest BCUT2D eigenvalue weighted by Gasteiger charge is -2.24. The molecule has 27 heavy (non-hydrogen) atoms. The Morgan fingerprint density at radius 3 is 2.63 bits per heavy atom. The molecule has 1 aliphatic rings. The van der Waals surface area contributed by atoms with Crippen molar-refractivity contribution >= 4 is 11.8 Å². The number of amides is 2. The van der Waals surface area contributed by atoms with E-state index in [9.17, 15) is 9.59 Å². The van der Waals surface area contributed by atoms with Crippen LogP contribution in [0, 0.1) is 6.92 Å². The average Bonchev–Trinajstić information content (AvgIpc) is 2.97. The summed E-state index contributed by atoms with van der Waals surface area (Å²) < 4.78 is 5.02. The second kappa shape index (κ2) is 8.82. The van der Waals surface area contributed by atoms with Crippen LogP contribution in [0.2, 0.25) is 0 Å². The number of carbonyl (C=O) groups is 2. The molecule has 1 N–H and O–H groups in total. The maximum atomic E-state index is 12.9. The summed E-state index contributed by atoms with van der Waals surface area (Å²) in [6.45, 7) is 3.68. The van der Waals surface area contributed by atoms with E-state index in [0.717, 1.165) is 17.5 Å². The van der Waals surface area contributed by atoms with Gasteiger partial charge < -0.3 is 15.0 Å². The molecule has 5 heteroatoms. The topological polar surface area (TPSA) is 58.6 Å². The lowest BCUT2D eigenvalue weighted by Crippen LogP contribution is -2.40. The number of rotatable bonds is 8. The fourth-order valence-corrected chi connectivity index (χ4v) is 3.41. The minimum Gasteiger partial charge on any atom is -0.385 e. The summed E-state index contributed by atoms with van der Waals surface area (Å²) in [4.78, 5) is 27.4. The van der Waals surface area contributed by atoms with Crippen molar-refractivity contribution in [3.05, 3.63) is 70.8 Å². The molecule has 1 unspecified atom stereocenters. The van der Waals surface area contributed by atoms with E-state index in [-0.39, 0.29) is 11.8 Å². The Morgan fingerprint density at radius 1 is 1.15 bits per heavy atom. The molecule has 0 radical (unpaired) electrons. The zero-order chi connectivity index (χ0) is 19.2. The Bertz CT molecular complexity index is 801. The maximum absolute atomic E-state index is 12.9. The third kappa shape index (κ3) is 4.37. The van der Waals surface area contributed by atoms with Gasteiger partial charge in [0, 0.05) is 32.4 Å². The van der Waals surface area contributed by atoms with Gasteiger partial charge in [0.1, 0.15) is 6.04 Å². The van der Waals surface area contributed by atoms with Gasteiger partial charge in [-0.1, -0.05) is 48.0 Å². The lowest BCUT2D eigenvalue weighted by molar-refractivity contribution is -0.125. The van der Waals surface area contributed by atoms with E-state index >= 15 is 0 Å². The van der Waals surface area contributed by atoms with Gasteiger partial charge in [0.2, 0.25) is 5.91 Å². The highest BCUT2D eigenvalue weighted by Gasteiger charge is 2.40. The number of hydrogen-bond acceptors (Lipinski definition) is 3. The van der Waals surface area contributed by atoms with Gasteiger partial charge in [-0.2, -0.15) is 0 Å². The fraction of sp³-hybridized carbons (Fsp3) is 0.364. The molecule has 0 saturated carbocycles. The van der Waals surface area contributed by atoms with Crippen molar-refractivity contribution in [1.29, 1.82) is 0 Å². The molecule has 0 aliphatic carbocycles. The Balaban J connectivity index is 1.74. The summed E-state index contributed by atoms with van der Waals surface area (Å²) in [5, 5.41) is 2.94. The number of hydrogen-bond donors (Lipinski definition) is 1. The smallest absolute Gasteiger partial charge is 0.255 e. The molecule has 0 bridgehead atoms. The van der Waals surface area contributed by atoms with Crippen LogP contribution in [-0.4, -0.2) is 43.5 Å². The quantitative estimate of drug-likeness (QED) is 0.731. The van der Waals surface area contributed by atoms with E-state index in [2.05, 4.69) is 29.6 Å². The van der Waals surface area contributed by atoms with Crippen molar-refractivity contribution in [2.45, 2.75) is 25.8 Å². The van der Waals surface area contributed by atoms with Gasteiger partial charge in [0.15, 0.2) is 0 Å².